The van der Waals surface area contributed by atoms with E-state index in [0.29, 0.717) is 21.8 Å². The molecule has 0 spiro atoms. The molecule has 0 aliphatic rings. The van der Waals surface area contributed by atoms with Gasteiger partial charge < -0.3 is 15.0 Å². The highest BCUT2D eigenvalue weighted by Crippen LogP contribution is 2.27. The van der Waals surface area contributed by atoms with Gasteiger partial charge >= 0.3 is 5.97 Å². The molecule has 0 saturated carbocycles. The Kier molecular flexibility index (Phi) is 3.95. The van der Waals surface area contributed by atoms with Gasteiger partial charge in [0.2, 0.25) is 0 Å². The number of aromatic nitrogens is 1. The molecule has 0 aromatic carbocycles. The van der Waals surface area contributed by atoms with Crippen LogP contribution in [-0.2, 0) is 7.05 Å². The van der Waals surface area contributed by atoms with Crippen LogP contribution in [0.25, 0.3) is 0 Å². The first-order valence-electron chi connectivity index (χ1n) is 6.12. The summed E-state index contributed by atoms with van der Waals surface area (Å²) in [6.07, 6.45) is 1.58. The van der Waals surface area contributed by atoms with E-state index in [1.54, 1.807) is 30.8 Å². The second-order valence-corrected chi connectivity index (χ2v) is 5.72. The molecule has 2 aromatic rings. The van der Waals surface area contributed by atoms with Gasteiger partial charge in [0.15, 0.2) is 5.78 Å². The summed E-state index contributed by atoms with van der Waals surface area (Å²) < 4.78 is 1.56. The Morgan fingerprint density at radius 3 is 2.43 bits per heavy atom. The molecule has 2 rings (SSSR count). The third kappa shape index (κ3) is 3.03. The molecule has 2 aromatic heterocycles. The van der Waals surface area contributed by atoms with Gasteiger partial charge in [0.05, 0.1) is 5.00 Å². The molecular weight excluding hydrogens is 292 g/mol. The zero-order chi connectivity index (χ0) is 15.7. The van der Waals surface area contributed by atoms with Gasteiger partial charge in [0.25, 0.3) is 5.91 Å². The summed E-state index contributed by atoms with van der Waals surface area (Å²) >= 11 is 1.00. The molecule has 21 heavy (non-hydrogen) atoms. The van der Waals surface area contributed by atoms with Crippen LogP contribution in [0.2, 0.25) is 0 Å². The topological polar surface area (TPSA) is 88.4 Å². The molecular formula is C14H14N2O4S. The fraction of sp³-hybridized carbons (Fsp3) is 0.214. The first-order valence-corrected chi connectivity index (χ1v) is 6.93. The number of carboxylic acid groups (broad SMARTS) is 1. The Morgan fingerprint density at radius 1 is 1.29 bits per heavy atom. The van der Waals surface area contributed by atoms with Gasteiger partial charge in [-0.15, -0.1) is 11.3 Å². The van der Waals surface area contributed by atoms with Gasteiger partial charge in [0, 0.05) is 18.8 Å². The molecule has 0 radical (unpaired) electrons. The minimum absolute atomic E-state index is 0.121. The van der Waals surface area contributed by atoms with E-state index in [4.69, 9.17) is 5.11 Å². The monoisotopic (exact) mass is 306 g/mol. The van der Waals surface area contributed by atoms with E-state index in [1.165, 1.54) is 13.0 Å². The van der Waals surface area contributed by atoms with Crippen LogP contribution < -0.4 is 5.32 Å². The maximum Gasteiger partial charge on any atom is 0.346 e. The minimum atomic E-state index is -1.02. The Hall–Kier alpha value is -2.41. The number of ketones is 1. The van der Waals surface area contributed by atoms with Crippen LogP contribution in [0.1, 0.15) is 43.0 Å². The predicted molar refractivity (Wildman–Crippen MR) is 79.4 cm³/mol. The lowest BCUT2D eigenvalue weighted by Crippen LogP contribution is -2.14. The quantitative estimate of drug-likeness (QED) is 0.850. The number of anilines is 1. The molecule has 6 nitrogen and oxygen atoms in total. The van der Waals surface area contributed by atoms with Crippen LogP contribution in [0, 0.1) is 6.92 Å². The van der Waals surface area contributed by atoms with E-state index in [0.717, 1.165) is 11.3 Å². The van der Waals surface area contributed by atoms with E-state index < -0.39 is 5.97 Å². The van der Waals surface area contributed by atoms with Crippen molar-refractivity contribution < 1.29 is 19.5 Å². The van der Waals surface area contributed by atoms with Crippen LogP contribution >= 0.6 is 11.3 Å². The zero-order valence-electron chi connectivity index (χ0n) is 11.8. The SMILES string of the molecule is CC(=O)c1cc(C(=O)Nc2cc(C)c(C(=O)O)s2)n(C)c1. The summed E-state index contributed by atoms with van der Waals surface area (Å²) in [6.45, 7) is 3.10. The number of nitrogens with one attached hydrogen (secondary N) is 1. The number of rotatable bonds is 4. The molecule has 1 amide bonds. The average molecular weight is 306 g/mol. The fourth-order valence-electron chi connectivity index (χ4n) is 1.91. The number of aromatic carboxylic acids is 1. The zero-order valence-corrected chi connectivity index (χ0v) is 12.6. The van der Waals surface area contributed by atoms with Crippen LogP contribution in [0.5, 0.6) is 0 Å². The number of hydrogen-bond acceptors (Lipinski definition) is 4. The Morgan fingerprint density at radius 2 is 1.95 bits per heavy atom. The van der Waals surface area contributed by atoms with E-state index >= 15 is 0 Å². The first-order chi connectivity index (χ1) is 9.79. The molecule has 2 heterocycles. The van der Waals surface area contributed by atoms with Crippen molar-refractivity contribution in [3.8, 4) is 0 Å². The molecule has 0 atom stereocenters. The van der Waals surface area contributed by atoms with Gasteiger partial charge in [-0.05, 0) is 31.5 Å². The highest BCUT2D eigenvalue weighted by molar-refractivity contribution is 7.18. The molecule has 0 bridgehead atoms. The third-order valence-electron chi connectivity index (χ3n) is 2.99. The molecule has 0 aliphatic heterocycles. The molecule has 2 N–H and O–H groups in total. The van der Waals surface area contributed by atoms with Gasteiger partial charge in [-0.25, -0.2) is 4.79 Å². The van der Waals surface area contributed by atoms with Crippen molar-refractivity contribution in [2.45, 2.75) is 13.8 Å². The van der Waals surface area contributed by atoms with Crippen LogP contribution in [0.3, 0.4) is 0 Å². The molecule has 0 unspecified atom stereocenters. The van der Waals surface area contributed by atoms with Crippen molar-refractivity contribution in [3.05, 3.63) is 40.0 Å². The number of amides is 1. The summed E-state index contributed by atoms with van der Waals surface area (Å²) in [6, 6.07) is 3.12. The summed E-state index contributed by atoms with van der Waals surface area (Å²) in [7, 11) is 1.67. The predicted octanol–water partition coefficient (Wildman–Crippen LogP) is 2.55. The normalized spacial score (nSPS) is 10.4. The number of hydrogen-bond donors (Lipinski definition) is 2. The van der Waals surface area contributed by atoms with Gasteiger partial charge in [0.1, 0.15) is 10.6 Å². The maximum absolute atomic E-state index is 12.2. The number of aryl methyl sites for hydroxylation is 2. The number of carboxylic acids is 1. The van der Waals surface area contributed by atoms with Crippen LogP contribution in [0.4, 0.5) is 5.00 Å². The van der Waals surface area contributed by atoms with Gasteiger partial charge in [-0.2, -0.15) is 0 Å². The van der Waals surface area contributed by atoms with Crippen LogP contribution in [-0.4, -0.2) is 27.3 Å². The smallest absolute Gasteiger partial charge is 0.346 e. The molecule has 0 saturated heterocycles. The Labute approximate surface area is 125 Å². The number of carbonyl (C=O) groups is 3. The lowest BCUT2D eigenvalue weighted by atomic mass is 10.2. The average Bonchev–Trinajstić information content (AvgIpc) is 2.92. The summed E-state index contributed by atoms with van der Waals surface area (Å²) in [5.41, 5.74) is 1.39. The fourth-order valence-corrected chi connectivity index (χ4v) is 2.82. The van der Waals surface area contributed by atoms with Crippen molar-refractivity contribution in [3.63, 3.8) is 0 Å². The van der Waals surface area contributed by atoms with E-state index in [2.05, 4.69) is 5.32 Å². The first kappa shape index (κ1) is 15.0. The largest absolute Gasteiger partial charge is 0.477 e. The number of nitrogens with zero attached hydrogens (tertiary/aromatic N) is 1. The highest BCUT2D eigenvalue weighted by atomic mass is 32.1. The van der Waals surface area contributed by atoms with Crippen molar-refractivity contribution in [2.24, 2.45) is 7.05 Å². The van der Waals surface area contributed by atoms with E-state index in [9.17, 15) is 14.4 Å². The standard InChI is InChI=1S/C14H14N2O4S/c1-7-4-11(21-12(7)14(19)20)15-13(18)10-5-9(8(2)17)6-16(10)3/h4-6H,1-3H3,(H,15,18)(H,19,20). The summed E-state index contributed by atoms with van der Waals surface area (Å²) in [4.78, 5) is 34.7. The lowest BCUT2D eigenvalue weighted by molar-refractivity contribution is 0.0701. The lowest BCUT2D eigenvalue weighted by Gasteiger charge is -2.03. The number of carbonyl (C=O) groups excluding carboxylic acids is 2. The Bertz CT molecular complexity index is 742. The van der Waals surface area contributed by atoms with Gasteiger partial charge in [-0.3, -0.25) is 9.59 Å². The van der Waals surface area contributed by atoms with Crippen molar-refractivity contribution >= 4 is 34.0 Å². The maximum atomic E-state index is 12.2. The van der Waals surface area contributed by atoms with Gasteiger partial charge in [-0.1, -0.05) is 0 Å². The van der Waals surface area contributed by atoms with E-state index in [1.807, 2.05) is 0 Å². The second-order valence-electron chi connectivity index (χ2n) is 4.66. The number of Topliss-reactive ketones (excluding diaryl/α,β-unsaturated/α-hetero) is 1. The molecule has 0 aliphatic carbocycles. The highest BCUT2D eigenvalue weighted by Gasteiger charge is 2.17. The van der Waals surface area contributed by atoms with Crippen molar-refractivity contribution in [1.82, 2.24) is 4.57 Å². The van der Waals surface area contributed by atoms with E-state index in [-0.39, 0.29) is 16.6 Å². The van der Waals surface area contributed by atoms with Crippen molar-refractivity contribution in [1.29, 1.82) is 0 Å². The summed E-state index contributed by atoms with van der Waals surface area (Å²) in [5.74, 6) is -1.52. The second kappa shape index (κ2) is 5.53. The van der Waals surface area contributed by atoms with Crippen molar-refractivity contribution in [2.75, 3.05) is 5.32 Å². The Balaban J connectivity index is 2.24. The number of thiophene rings is 1. The third-order valence-corrected chi connectivity index (χ3v) is 4.13. The van der Waals surface area contributed by atoms with Crippen LogP contribution in [0.15, 0.2) is 18.3 Å². The molecule has 110 valence electrons. The minimum Gasteiger partial charge on any atom is -0.477 e. The summed E-state index contributed by atoms with van der Waals surface area (Å²) in [5, 5.41) is 12.1. The molecule has 0 fully saturated rings. The molecule has 7 heteroatoms.